The summed E-state index contributed by atoms with van der Waals surface area (Å²) in [6.45, 7) is 2.60. The molecule has 1 heterocycles. The molecule has 0 spiro atoms. The number of anilines is 1. The van der Waals surface area contributed by atoms with Gasteiger partial charge in [-0.2, -0.15) is 0 Å². The van der Waals surface area contributed by atoms with Crippen LogP contribution in [0.3, 0.4) is 0 Å². The highest BCUT2D eigenvalue weighted by Crippen LogP contribution is 2.22. The Morgan fingerprint density at radius 3 is 2.25 bits per heavy atom. The van der Waals surface area contributed by atoms with Crippen molar-refractivity contribution in [2.45, 2.75) is 32.7 Å². The maximum atomic E-state index is 12.2. The number of hydrogen-bond acceptors (Lipinski definition) is 4. The summed E-state index contributed by atoms with van der Waals surface area (Å²) in [5.41, 5.74) is 8.41. The van der Waals surface area contributed by atoms with Crippen LogP contribution in [-0.4, -0.2) is 10.9 Å². The Kier molecular flexibility index (Phi) is 6.63. The van der Waals surface area contributed by atoms with Crippen molar-refractivity contribution in [3.63, 3.8) is 0 Å². The van der Waals surface area contributed by atoms with E-state index in [4.69, 9.17) is 10.5 Å². The number of hydrogen-bond donors (Lipinski definition) is 2. The van der Waals surface area contributed by atoms with Crippen molar-refractivity contribution in [3.8, 4) is 11.5 Å². The van der Waals surface area contributed by atoms with Crippen LogP contribution in [0.25, 0.3) is 0 Å². The molecular weight excluding hydrogens is 350 g/mol. The number of aromatic nitrogens is 1. The second-order valence-electron chi connectivity index (χ2n) is 6.61. The van der Waals surface area contributed by atoms with Crippen LogP contribution >= 0.6 is 0 Å². The number of nitrogens with zero attached hydrogens (tertiary/aromatic N) is 1. The lowest BCUT2D eigenvalue weighted by molar-refractivity contribution is 0.0951. The topological polar surface area (TPSA) is 77.2 Å². The first-order valence-corrected chi connectivity index (χ1v) is 9.50. The molecule has 3 N–H and O–H groups in total. The fourth-order valence-electron chi connectivity index (χ4n) is 2.80. The first-order chi connectivity index (χ1) is 13.7. The van der Waals surface area contributed by atoms with Crippen LogP contribution in [0.1, 0.15) is 41.3 Å². The van der Waals surface area contributed by atoms with Gasteiger partial charge in [-0.25, -0.2) is 4.98 Å². The van der Waals surface area contributed by atoms with E-state index < -0.39 is 0 Å². The minimum atomic E-state index is -0.242. The predicted molar refractivity (Wildman–Crippen MR) is 111 cm³/mol. The van der Waals surface area contributed by atoms with Crippen LogP contribution < -0.4 is 15.8 Å². The number of nitrogen functional groups attached to an aromatic ring is 1. The van der Waals surface area contributed by atoms with Gasteiger partial charge in [0.25, 0.3) is 5.91 Å². The van der Waals surface area contributed by atoms with Gasteiger partial charge in [0.1, 0.15) is 17.3 Å². The van der Waals surface area contributed by atoms with Crippen LogP contribution in [0, 0.1) is 0 Å². The number of amides is 1. The molecule has 0 bridgehead atoms. The molecule has 28 heavy (non-hydrogen) atoms. The summed E-state index contributed by atoms with van der Waals surface area (Å²) in [7, 11) is 0. The third-order valence-corrected chi connectivity index (χ3v) is 4.44. The second kappa shape index (κ2) is 9.55. The Hall–Kier alpha value is -3.34. The average molecular weight is 375 g/mol. The van der Waals surface area contributed by atoms with Crippen molar-refractivity contribution in [1.29, 1.82) is 0 Å². The molecule has 0 aliphatic rings. The number of aryl methyl sites for hydroxylation is 1. The molecule has 0 atom stereocenters. The molecule has 0 unspecified atom stereocenters. The van der Waals surface area contributed by atoms with Crippen molar-refractivity contribution in [2.24, 2.45) is 0 Å². The zero-order chi connectivity index (χ0) is 19.8. The summed E-state index contributed by atoms with van der Waals surface area (Å²) in [6, 6.07) is 19.2. The van der Waals surface area contributed by atoms with Crippen LogP contribution in [-0.2, 0) is 13.0 Å². The van der Waals surface area contributed by atoms with E-state index in [9.17, 15) is 4.79 Å². The summed E-state index contributed by atoms with van der Waals surface area (Å²) < 4.78 is 5.89. The average Bonchev–Trinajstić information content (AvgIpc) is 2.73. The zero-order valence-corrected chi connectivity index (χ0v) is 16.0. The van der Waals surface area contributed by atoms with E-state index in [1.54, 1.807) is 18.3 Å². The Morgan fingerprint density at radius 2 is 1.64 bits per heavy atom. The quantitative estimate of drug-likeness (QED) is 0.597. The number of pyridine rings is 1. The molecule has 2 aromatic carbocycles. The maximum absolute atomic E-state index is 12.2. The van der Waals surface area contributed by atoms with E-state index in [1.807, 2.05) is 36.4 Å². The van der Waals surface area contributed by atoms with Gasteiger partial charge in [0.05, 0.1) is 5.56 Å². The lowest BCUT2D eigenvalue weighted by atomic mass is 10.1. The molecule has 5 heteroatoms. The number of unbranched alkanes of at least 4 members (excludes halogenated alkanes) is 1. The predicted octanol–water partition coefficient (Wildman–Crippen LogP) is 4.73. The van der Waals surface area contributed by atoms with Gasteiger partial charge in [-0.1, -0.05) is 37.6 Å². The number of rotatable bonds is 8. The molecule has 3 rings (SSSR count). The second-order valence-corrected chi connectivity index (χ2v) is 6.61. The van der Waals surface area contributed by atoms with Crippen LogP contribution in [0.15, 0.2) is 66.9 Å². The standard InChI is InChI=1S/C23H25N3O2/c1-2-3-5-17-7-11-19(12-8-17)28-20-13-9-18(10-14-20)16-26-23(27)21-6-4-15-25-22(21)24/h4,6-15H,2-3,5,16H2,1H3,(H2,24,25)(H,26,27). The Morgan fingerprint density at radius 1 is 1.00 bits per heavy atom. The van der Waals surface area contributed by atoms with Gasteiger partial charge in [0, 0.05) is 12.7 Å². The van der Waals surface area contributed by atoms with Crippen molar-refractivity contribution in [2.75, 3.05) is 5.73 Å². The summed E-state index contributed by atoms with van der Waals surface area (Å²) in [5.74, 6) is 1.56. The van der Waals surface area contributed by atoms with Gasteiger partial charge in [-0.3, -0.25) is 4.79 Å². The van der Waals surface area contributed by atoms with Crippen molar-refractivity contribution < 1.29 is 9.53 Å². The van der Waals surface area contributed by atoms with Crippen LogP contribution in [0.2, 0.25) is 0 Å². The number of ether oxygens (including phenoxy) is 1. The third-order valence-electron chi connectivity index (χ3n) is 4.44. The minimum Gasteiger partial charge on any atom is -0.457 e. The van der Waals surface area contributed by atoms with Gasteiger partial charge in [0.2, 0.25) is 0 Å². The van der Waals surface area contributed by atoms with E-state index >= 15 is 0 Å². The molecule has 0 radical (unpaired) electrons. The van der Waals surface area contributed by atoms with E-state index in [2.05, 4.69) is 29.4 Å². The third kappa shape index (κ3) is 5.33. The molecule has 0 fully saturated rings. The fourth-order valence-corrected chi connectivity index (χ4v) is 2.80. The maximum Gasteiger partial charge on any atom is 0.255 e. The molecule has 1 aromatic heterocycles. The van der Waals surface area contributed by atoms with E-state index in [0.717, 1.165) is 23.5 Å². The first kappa shape index (κ1) is 19.4. The van der Waals surface area contributed by atoms with Crippen molar-refractivity contribution in [1.82, 2.24) is 10.3 Å². The number of carbonyl (C=O) groups excluding carboxylic acids is 1. The highest BCUT2D eigenvalue weighted by molar-refractivity contribution is 5.98. The number of nitrogens with one attached hydrogen (secondary N) is 1. The Bertz CT molecular complexity index is 906. The number of benzene rings is 2. The molecule has 0 saturated heterocycles. The Balaban J connectivity index is 1.53. The van der Waals surface area contributed by atoms with E-state index in [-0.39, 0.29) is 11.7 Å². The fraction of sp³-hybridized carbons (Fsp3) is 0.217. The smallest absolute Gasteiger partial charge is 0.255 e. The summed E-state index contributed by atoms with van der Waals surface area (Å²) in [6.07, 6.45) is 5.05. The molecule has 0 aliphatic carbocycles. The molecule has 1 amide bonds. The SMILES string of the molecule is CCCCc1ccc(Oc2ccc(CNC(=O)c3cccnc3N)cc2)cc1. The van der Waals surface area contributed by atoms with Gasteiger partial charge in [-0.15, -0.1) is 0 Å². The van der Waals surface area contributed by atoms with Crippen molar-refractivity contribution in [3.05, 3.63) is 83.6 Å². The molecule has 0 aliphatic heterocycles. The molecule has 3 aromatic rings. The Labute approximate surface area is 165 Å². The lowest BCUT2D eigenvalue weighted by Crippen LogP contribution is -2.24. The molecule has 5 nitrogen and oxygen atoms in total. The van der Waals surface area contributed by atoms with Crippen LogP contribution in [0.4, 0.5) is 5.82 Å². The highest BCUT2D eigenvalue weighted by atomic mass is 16.5. The zero-order valence-electron chi connectivity index (χ0n) is 16.0. The van der Waals surface area contributed by atoms with Gasteiger partial charge >= 0.3 is 0 Å². The van der Waals surface area contributed by atoms with E-state index in [0.29, 0.717) is 12.1 Å². The molecule has 0 saturated carbocycles. The van der Waals surface area contributed by atoms with Gasteiger partial charge < -0.3 is 15.8 Å². The number of nitrogens with two attached hydrogens (primary N) is 1. The van der Waals surface area contributed by atoms with E-state index in [1.165, 1.54) is 18.4 Å². The van der Waals surface area contributed by atoms with Crippen molar-refractivity contribution >= 4 is 11.7 Å². The summed E-state index contributed by atoms with van der Waals surface area (Å²) in [5, 5.41) is 2.85. The lowest BCUT2D eigenvalue weighted by Gasteiger charge is -2.09. The summed E-state index contributed by atoms with van der Waals surface area (Å²) >= 11 is 0. The first-order valence-electron chi connectivity index (χ1n) is 9.50. The van der Waals surface area contributed by atoms with Gasteiger partial charge in [0.15, 0.2) is 0 Å². The van der Waals surface area contributed by atoms with Gasteiger partial charge in [-0.05, 0) is 60.4 Å². The number of carbonyl (C=O) groups is 1. The molecular formula is C23H25N3O2. The minimum absolute atomic E-state index is 0.226. The summed E-state index contributed by atoms with van der Waals surface area (Å²) in [4.78, 5) is 16.1. The van der Waals surface area contributed by atoms with Crippen LogP contribution in [0.5, 0.6) is 11.5 Å². The normalized spacial score (nSPS) is 10.5. The largest absolute Gasteiger partial charge is 0.457 e. The molecule has 144 valence electrons. The monoisotopic (exact) mass is 375 g/mol. The highest BCUT2D eigenvalue weighted by Gasteiger charge is 2.09.